The maximum Gasteiger partial charge on any atom is 0.229 e. The first-order valence-electron chi connectivity index (χ1n) is 9.63. The number of carbonyl (C=O) groups excluding carboxylic acids is 1. The lowest BCUT2D eigenvalue weighted by molar-refractivity contribution is -0.169. The lowest BCUT2D eigenvalue weighted by Gasteiger charge is -2.40. The SMILES string of the molecule is CNC(=O)[C@@]12C3C[C@@H]1C(Cn1cnc4c(N)cc(Cl)nc41)[C@@H]1OC(C)(C)O[C@]312. The zero-order valence-corrected chi connectivity index (χ0v) is 16.7. The number of hydrogen-bond donors (Lipinski definition) is 2. The molecule has 2 aromatic rings. The van der Waals surface area contributed by atoms with E-state index in [2.05, 4.69) is 15.3 Å². The van der Waals surface area contributed by atoms with Gasteiger partial charge in [-0.15, -0.1) is 0 Å². The summed E-state index contributed by atoms with van der Waals surface area (Å²) < 4.78 is 14.7. The molecule has 3 N–H and O–H groups in total. The molecule has 1 amide bonds. The fourth-order valence-electron chi connectivity index (χ4n) is 6.68. The number of rotatable bonds is 3. The molecule has 148 valence electrons. The van der Waals surface area contributed by atoms with Crippen LogP contribution in [0.15, 0.2) is 12.4 Å². The standard InChI is InChI=1S/C19H22ClN5O3/c1-17(2)27-14-8(6-25-7-23-13-10(21)5-12(20)24-15(13)25)9-4-11-18(9,16(26)22-3)19(11,14)28-17/h5,7-9,11,14H,4,6H2,1-3H3,(H2,21,24)(H,22,26)/t8?,9-,11?,14+,18+,19-/m1/s1. The maximum absolute atomic E-state index is 12.9. The zero-order chi connectivity index (χ0) is 19.6. The normalized spacial score (nSPS) is 41.4. The van der Waals surface area contributed by atoms with Gasteiger partial charge in [-0.1, -0.05) is 11.6 Å². The number of pyridine rings is 1. The van der Waals surface area contributed by atoms with Gasteiger partial charge in [0.05, 0.1) is 23.5 Å². The first-order valence-corrected chi connectivity index (χ1v) is 10.0. The second kappa shape index (κ2) is 4.80. The van der Waals surface area contributed by atoms with Crippen LogP contribution in [0.5, 0.6) is 0 Å². The minimum absolute atomic E-state index is 0.0726. The summed E-state index contributed by atoms with van der Waals surface area (Å²) in [6, 6.07) is 1.61. The van der Waals surface area contributed by atoms with Crippen molar-refractivity contribution in [1.29, 1.82) is 0 Å². The highest BCUT2D eigenvalue weighted by atomic mass is 35.5. The average Bonchev–Trinajstić information content (AvgIpc) is 2.92. The second-order valence-corrected chi connectivity index (χ2v) is 9.33. The van der Waals surface area contributed by atoms with Crippen LogP contribution in [-0.4, -0.2) is 45.0 Å². The number of imidazole rings is 1. The van der Waals surface area contributed by atoms with Crippen molar-refractivity contribution in [2.75, 3.05) is 12.8 Å². The number of nitrogens with one attached hydrogen (secondary N) is 1. The number of aromatic nitrogens is 3. The molecule has 9 heteroatoms. The fraction of sp³-hybridized carbons (Fsp3) is 0.632. The average molecular weight is 404 g/mol. The van der Waals surface area contributed by atoms with Crippen molar-refractivity contribution in [3.8, 4) is 0 Å². The van der Waals surface area contributed by atoms with Gasteiger partial charge in [0, 0.05) is 31.5 Å². The Morgan fingerprint density at radius 3 is 3.04 bits per heavy atom. The third-order valence-electron chi connectivity index (χ3n) is 7.44. The van der Waals surface area contributed by atoms with E-state index >= 15 is 0 Å². The monoisotopic (exact) mass is 403 g/mol. The van der Waals surface area contributed by atoms with Gasteiger partial charge in [-0.3, -0.25) is 4.79 Å². The molecule has 1 aliphatic heterocycles. The minimum Gasteiger partial charge on any atom is -0.397 e. The van der Waals surface area contributed by atoms with Gasteiger partial charge in [0.25, 0.3) is 0 Å². The summed E-state index contributed by atoms with van der Waals surface area (Å²) >= 11 is 6.11. The molecule has 0 radical (unpaired) electrons. The lowest BCUT2D eigenvalue weighted by atomic mass is 9.66. The Kier molecular flexibility index (Phi) is 2.92. The molecule has 28 heavy (non-hydrogen) atoms. The molecular weight excluding hydrogens is 382 g/mol. The molecule has 6 atom stereocenters. The number of anilines is 1. The highest BCUT2D eigenvalue weighted by Crippen LogP contribution is 2.89. The Bertz CT molecular complexity index is 1050. The van der Waals surface area contributed by atoms with Crippen LogP contribution in [0.4, 0.5) is 5.69 Å². The van der Waals surface area contributed by atoms with E-state index in [1.807, 2.05) is 18.4 Å². The number of fused-ring (bicyclic) bond motifs is 1. The lowest BCUT2D eigenvalue weighted by Crippen LogP contribution is -2.46. The van der Waals surface area contributed by atoms with Gasteiger partial charge in [-0.05, 0) is 26.2 Å². The van der Waals surface area contributed by atoms with Crippen molar-refractivity contribution in [1.82, 2.24) is 19.9 Å². The smallest absolute Gasteiger partial charge is 0.229 e. The summed E-state index contributed by atoms with van der Waals surface area (Å²) in [6.45, 7) is 4.48. The van der Waals surface area contributed by atoms with E-state index in [1.54, 1.807) is 19.4 Å². The van der Waals surface area contributed by atoms with Crippen LogP contribution in [0.3, 0.4) is 0 Å². The highest BCUT2D eigenvalue weighted by Gasteiger charge is 3.00. The van der Waals surface area contributed by atoms with Gasteiger partial charge in [-0.2, -0.15) is 0 Å². The van der Waals surface area contributed by atoms with Gasteiger partial charge in [0.15, 0.2) is 11.4 Å². The third-order valence-corrected chi connectivity index (χ3v) is 7.63. The maximum atomic E-state index is 12.9. The zero-order valence-electron chi connectivity index (χ0n) is 15.9. The van der Waals surface area contributed by atoms with Crippen molar-refractivity contribution in [3.05, 3.63) is 17.5 Å². The van der Waals surface area contributed by atoms with E-state index in [1.165, 1.54) is 0 Å². The van der Waals surface area contributed by atoms with Crippen LogP contribution in [-0.2, 0) is 20.8 Å². The van der Waals surface area contributed by atoms with Gasteiger partial charge in [-0.25, -0.2) is 9.97 Å². The molecule has 8 nitrogen and oxygen atoms in total. The van der Waals surface area contributed by atoms with Crippen LogP contribution >= 0.6 is 11.6 Å². The number of nitrogens with zero attached hydrogens (tertiary/aromatic N) is 3. The number of nitrogens with two attached hydrogens (primary N) is 1. The topological polar surface area (TPSA) is 104 Å². The van der Waals surface area contributed by atoms with Crippen LogP contribution in [0.1, 0.15) is 20.3 Å². The van der Waals surface area contributed by atoms with Gasteiger partial charge < -0.3 is 25.1 Å². The van der Waals surface area contributed by atoms with Crippen molar-refractivity contribution in [2.45, 2.75) is 44.3 Å². The van der Waals surface area contributed by atoms with Crippen molar-refractivity contribution >= 4 is 34.4 Å². The molecule has 2 aromatic heterocycles. The first kappa shape index (κ1) is 17.0. The van der Waals surface area contributed by atoms with E-state index in [0.29, 0.717) is 28.5 Å². The quantitative estimate of drug-likeness (QED) is 0.754. The van der Waals surface area contributed by atoms with Crippen molar-refractivity contribution in [3.63, 3.8) is 0 Å². The molecule has 3 heterocycles. The summed E-state index contributed by atoms with van der Waals surface area (Å²) in [5.74, 6) is -0.0370. The molecule has 6 rings (SSSR count). The Hall–Kier alpha value is -1.90. The first-order chi connectivity index (χ1) is 13.3. The number of amides is 1. The van der Waals surface area contributed by atoms with Gasteiger partial charge in [0.2, 0.25) is 5.91 Å². The van der Waals surface area contributed by atoms with E-state index < -0.39 is 16.8 Å². The van der Waals surface area contributed by atoms with Gasteiger partial charge >= 0.3 is 0 Å². The Morgan fingerprint density at radius 1 is 1.50 bits per heavy atom. The van der Waals surface area contributed by atoms with E-state index in [9.17, 15) is 4.79 Å². The summed E-state index contributed by atoms with van der Waals surface area (Å²) in [6.07, 6.45) is 2.60. The molecular formula is C19H22ClN5O3. The number of nitrogen functional groups attached to an aromatic ring is 1. The molecule has 3 aliphatic carbocycles. The fourth-order valence-corrected chi connectivity index (χ4v) is 6.88. The molecule has 0 bridgehead atoms. The van der Waals surface area contributed by atoms with Crippen LogP contribution in [0.25, 0.3) is 11.2 Å². The molecule has 4 fully saturated rings. The van der Waals surface area contributed by atoms with E-state index in [4.69, 9.17) is 26.8 Å². The van der Waals surface area contributed by atoms with Crippen LogP contribution in [0.2, 0.25) is 5.15 Å². The predicted molar refractivity (Wildman–Crippen MR) is 101 cm³/mol. The second-order valence-electron chi connectivity index (χ2n) is 8.94. The largest absolute Gasteiger partial charge is 0.397 e. The van der Waals surface area contributed by atoms with Gasteiger partial charge in [0.1, 0.15) is 16.3 Å². The molecule has 0 aromatic carbocycles. The third kappa shape index (κ3) is 1.62. The van der Waals surface area contributed by atoms with Crippen molar-refractivity contribution < 1.29 is 14.3 Å². The van der Waals surface area contributed by atoms with Crippen molar-refractivity contribution in [2.24, 2.45) is 23.2 Å². The highest BCUT2D eigenvalue weighted by molar-refractivity contribution is 6.30. The number of halogens is 1. The number of hydrogen-bond acceptors (Lipinski definition) is 6. The molecule has 2 unspecified atom stereocenters. The van der Waals surface area contributed by atoms with E-state index in [0.717, 1.165) is 6.42 Å². The Labute approximate surface area is 166 Å². The summed E-state index contributed by atoms with van der Waals surface area (Å²) in [5.41, 5.74) is 6.87. The number of carbonyl (C=O) groups is 1. The Balaban J connectivity index is 1.42. The molecule has 1 spiro atoms. The van der Waals surface area contributed by atoms with Crippen LogP contribution in [0, 0.1) is 23.2 Å². The summed E-state index contributed by atoms with van der Waals surface area (Å²) in [7, 11) is 1.70. The molecule has 4 aliphatic rings. The molecule has 3 saturated carbocycles. The van der Waals surface area contributed by atoms with Crippen LogP contribution < -0.4 is 11.1 Å². The summed E-state index contributed by atoms with van der Waals surface area (Å²) in [4.78, 5) is 21.7. The number of ether oxygens (including phenoxy) is 2. The predicted octanol–water partition coefficient (Wildman–Crippen LogP) is 1.57. The summed E-state index contributed by atoms with van der Waals surface area (Å²) in [5, 5.41) is 3.21. The molecule has 1 saturated heterocycles. The Morgan fingerprint density at radius 2 is 2.29 bits per heavy atom. The van der Waals surface area contributed by atoms with E-state index in [-0.39, 0.29) is 29.8 Å². The minimum atomic E-state index is -0.699.